The second kappa shape index (κ2) is 11.0. The van der Waals surface area contributed by atoms with Crippen molar-refractivity contribution < 1.29 is 4.79 Å². The van der Waals surface area contributed by atoms with Gasteiger partial charge in [0.25, 0.3) is 11.5 Å². The fraction of sp³-hybridized carbons (Fsp3) is 0.538. The smallest absolute Gasteiger partial charge is 0.267 e. The Morgan fingerprint density at radius 2 is 1.85 bits per heavy atom. The minimum absolute atomic E-state index is 0.102. The summed E-state index contributed by atoms with van der Waals surface area (Å²) in [6, 6.07) is 5.56. The van der Waals surface area contributed by atoms with Gasteiger partial charge in [0.15, 0.2) is 0 Å². The Hall–Kier alpha value is -2.19. The molecule has 182 valence electrons. The predicted octanol–water partition coefficient (Wildman–Crippen LogP) is 5.35. The minimum Gasteiger partial charge on any atom is -0.355 e. The van der Waals surface area contributed by atoms with Gasteiger partial charge in [-0.05, 0) is 42.9 Å². The lowest BCUT2D eigenvalue weighted by Gasteiger charge is -2.36. The number of pyridine rings is 1. The molecule has 1 amide bonds. The number of thiocarbonyl (C=S) groups is 1. The summed E-state index contributed by atoms with van der Waals surface area (Å²) in [5.74, 6) is 1.59. The first kappa shape index (κ1) is 24.9. The number of rotatable bonds is 8. The average molecular weight is 499 g/mol. The average Bonchev–Trinajstić information content (AvgIpc) is 3.07. The molecule has 2 fully saturated rings. The molecule has 2 atom stereocenters. The second-order valence-electron chi connectivity index (χ2n) is 9.68. The van der Waals surface area contributed by atoms with Crippen molar-refractivity contribution in [2.24, 2.45) is 11.8 Å². The largest absolute Gasteiger partial charge is 0.355 e. The van der Waals surface area contributed by atoms with Gasteiger partial charge in [0.2, 0.25) is 0 Å². The van der Waals surface area contributed by atoms with Crippen LogP contribution in [0.4, 0.5) is 5.82 Å². The maximum atomic E-state index is 13.6. The van der Waals surface area contributed by atoms with Crippen LogP contribution in [0.15, 0.2) is 34.1 Å². The van der Waals surface area contributed by atoms with E-state index in [1.54, 1.807) is 21.6 Å². The molecule has 2 aliphatic heterocycles. The van der Waals surface area contributed by atoms with E-state index in [-0.39, 0.29) is 11.5 Å². The molecule has 4 heterocycles. The third-order valence-corrected chi connectivity index (χ3v) is 7.93. The molecule has 0 unspecified atom stereocenters. The van der Waals surface area contributed by atoms with Crippen molar-refractivity contribution in [2.75, 3.05) is 24.5 Å². The Morgan fingerprint density at radius 3 is 2.59 bits per heavy atom. The van der Waals surface area contributed by atoms with Crippen molar-refractivity contribution in [3.05, 3.63) is 45.2 Å². The molecule has 2 saturated heterocycles. The summed E-state index contributed by atoms with van der Waals surface area (Å²) >= 11 is 6.82. The number of amides is 1. The van der Waals surface area contributed by atoms with Gasteiger partial charge < -0.3 is 4.90 Å². The van der Waals surface area contributed by atoms with Crippen LogP contribution >= 0.6 is 24.0 Å². The van der Waals surface area contributed by atoms with E-state index in [2.05, 4.69) is 25.7 Å². The lowest BCUT2D eigenvalue weighted by Crippen LogP contribution is -2.40. The zero-order chi connectivity index (χ0) is 24.2. The highest BCUT2D eigenvalue weighted by atomic mass is 32.2. The number of hydrogen-bond donors (Lipinski definition) is 0. The fourth-order valence-corrected chi connectivity index (χ4v) is 6.28. The number of carbonyl (C=O) groups excluding carboxylic acids is 1. The summed E-state index contributed by atoms with van der Waals surface area (Å²) in [6.45, 7) is 8.99. The molecule has 34 heavy (non-hydrogen) atoms. The van der Waals surface area contributed by atoms with Gasteiger partial charge in [-0.2, -0.15) is 0 Å². The van der Waals surface area contributed by atoms with E-state index in [0.717, 1.165) is 32.4 Å². The van der Waals surface area contributed by atoms with Crippen LogP contribution in [0.2, 0.25) is 0 Å². The monoisotopic (exact) mass is 498 g/mol. The molecule has 2 aromatic rings. The van der Waals surface area contributed by atoms with E-state index < -0.39 is 0 Å². The molecule has 4 rings (SSSR count). The van der Waals surface area contributed by atoms with E-state index in [0.29, 0.717) is 44.6 Å². The van der Waals surface area contributed by atoms with Gasteiger partial charge in [-0.25, -0.2) is 4.98 Å². The number of piperidine rings is 1. The van der Waals surface area contributed by atoms with E-state index >= 15 is 0 Å². The Morgan fingerprint density at radius 1 is 1.12 bits per heavy atom. The van der Waals surface area contributed by atoms with Gasteiger partial charge in [0.1, 0.15) is 15.8 Å². The van der Waals surface area contributed by atoms with Crippen molar-refractivity contribution in [3.8, 4) is 0 Å². The Kier molecular flexibility index (Phi) is 8.09. The van der Waals surface area contributed by atoms with Crippen molar-refractivity contribution >= 4 is 51.7 Å². The number of aromatic nitrogens is 2. The van der Waals surface area contributed by atoms with Gasteiger partial charge in [-0.1, -0.05) is 76.5 Å². The summed E-state index contributed by atoms with van der Waals surface area (Å²) in [5.41, 5.74) is 0.926. The first-order chi connectivity index (χ1) is 16.4. The lowest BCUT2D eigenvalue weighted by molar-refractivity contribution is -0.122. The van der Waals surface area contributed by atoms with Crippen LogP contribution in [0.1, 0.15) is 64.9 Å². The molecule has 0 N–H and O–H groups in total. The number of unbranched alkanes of at least 4 members (excludes halogenated alkanes) is 4. The maximum Gasteiger partial charge on any atom is 0.267 e. The molecular weight excluding hydrogens is 464 g/mol. The molecular formula is C26H34N4O2S2. The van der Waals surface area contributed by atoms with Gasteiger partial charge in [-0.3, -0.25) is 18.9 Å². The number of anilines is 1. The third kappa shape index (κ3) is 5.38. The summed E-state index contributed by atoms with van der Waals surface area (Å²) < 4.78 is 2.13. The number of carbonyl (C=O) groups is 1. The molecule has 0 aliphatic carbocycles. The first-order valence-electron chi connectivity index (χ1n) is 12.4. The highest BCUT2D eigenvalue weighted by Gasteiger charge is 2.33. The lowest BCUT2D eigenvalue weighted by atomic mass is 9.91. The Labute approximate surface area is 211 Å². The Bertz CT molecular complexity index is 1150. The van der Waals surface area contributed by atoms with Gasteiger partial charge in [0.05, 0.1) is 10.5 Å². The summed E-state index contributed by atoms with van der Waals surface area (Å²) in [6.07, 6.45) is 10.2. The highest BCUT2D eigenvalue weighted by molar-refractivity contribution is 8.26. The first-order valence-corrected chi connectivity index (χ1v) is 13.6. The molecule has 6 nitrogen and oxygen atoms in total. The van der Waals surface area contributed by atoms with E-state index in [1.165, 1.54) is 31.0 Å². The standard InChI is InChI=1S/C26H34N4O2S2/c1-4-5-6-7-9-13-30-25(32)21(34-26(30)33)15-20-23(28-16-18(2)14-19(3)17-28)27-22-11-8-10-12-29(22)24(20)31/h8,10-12,15,18-19H,4-7,9,13-14,16-17H2,1-3H3/b21-15-/t18-,19+. The van der Waals surface area contributed by atoms with Crippen LogP contribution in [-0.2, 0) is 4.79 Å². The number of thioether (sulfide) groups is 1. The normalized spacial score (nSPS) is 22.4. The van der Waals surface area contributed by atoms with Crippen LogP contribution in [-0.4, -0.2) is 44.1 Å². The topological polar surface area (TPSA) is 57.9 Å². The van der Waals surface area contributed by atoms with Crippen molar-refractivity contribution in [3.63, 3.8) is 0 Å². The zero-order valence-corrected chi connectivity index (χ0v) is 22.0. The summed E-state index contributed by atoms with van der Waals surface area (Å²) in [5, 5.41) is 0. The van der Waals surface area contributed by atoms with Crippen molar-refractivity contribution in [1.82, 2.24) is 14.3 Å². The summed E-state index contributed by atoms with van der Waals surface area (Å²) in [4.78, 5) is 36.1. The zero-order valence-electron chi connectivity index (χ0n) is 20.3. The number of nitrogens with zero attached hydrogens (tertiary/aromatic N) is 4. The molecule has 0 bridgehead atoms. The molecule has 0 aromatic carbocycles. The second-order valence-corrected chi connectivity index (χ2v) is 11.4. The quantitative estimate of drug-likeness (QED) is 0.278. The van der Waals surface area contributed by atoms with E-state index in [9.17, 15) is 9.59 Å². The molecule has 0 spiro atoms. The van der Waals surface area contributed by atoms with Crippen molar-refractivity contribution in [1.29, 1.82) is 0 Å². The summed E-state index contributed by atoms with van der Waals surface area (Å²) in [7, 11) is 0. The predicted molar refractivity (Wildman–Crippen MR) is 145 cm³/mol. The molecule has 2 aliphatic rings. The van der Waals surface area contributed by atoms with Gasteiger partial charge in [-0.15, -0.1) is 0 Å². The Balaban J connectivity index is 1.68. The molecule has 0 saturated carbocycles. The van der Waals surface area contributed by atoms with Gasteiger partial charge in [0, 0.05) is 25.8 Å². The fourth-order valence-electron chi connectivity index (χ4n) is 4.99. The van der Waals surface area contributed by atoms with Crippen LogP contribution in [0.3, 0.4) is 0 Å². The molecule has 8 heteroatoms. The van der Waals surface area contributed by atoms with E-state index in [1.807, 2.05) is 18.2 Å². The van der Waals surface area contributed by atoms with E-state index in [4.69, 9.17) is 17.2 Å². The minimum atomic E-state index is -0.156. The van der Waals surface area contributed by atoms with Crippen LogP contribution in [0, 0.1) is 11.8 Å². The number of hydrogen-bond acceptors (Lipinski definition) is 6. The third-order valence-electron chi connectivity index (χ3n) is 6.55. The maximum absolute atomic E-state index is 13.6. The highest BCUT2D eigenvalue weighted by Crippen LogP contribution is 2.34. The van der Waals surface area contributed by atoms with Crippen LogP contribution in [0.25, 0.3) is 11.7 Å². The molecule has 2 aromatic heterocycles. The van der Waals surface area contributed by atoms with Gasteiger partial charge >= 0.3 is 0 Å². The van der Waals surface area contributed by atoms with Crippen molar-refractivity contribution in [2.45, 2.75) is 59.3 Å². The SMILES string of the molecule is CCCCCCCN1C(=O)/C(=C/c2c(N3C[C@H](C)C[C@H](C)C3)nc3ccccn3c2=O)SC1=S. The van der Waals surface area contributed by atoms with Crippen LogP contribution in [0.5, 0.6) is 0 Å². The van der Waals surface area contributed by atoms with Crippen LogP contribution < -0.4 is 10.5 Å². The molecule has 0 radical (unpaired) electrons. The number of fused-ring (bicyclic) bond motifs is 1.